The minimum Gasteiger partial charge on any atom is -0.461 e. The van der Waals surface area contributed by atoms with E-state index in [9.17, 15) is 4.79 Å². The van der Waals surface area contributed by atoms with Crippen LogP contribution >= 0.6 is 11.6 Å². The van der Waals surface area contributed by atoms with E-state index in [-0.39, 0.29) is 40.4 Å². The van der Waals surface area contributed by atoms with Gasteiger partial charge >= 0.3 is 12.1 Å². The summed E-state index contributed by atoms with van der Waals surface area (Å²) in [6, 6.07) is 0.145. The fourth-order valence-corrected chi connectivity index (χ4v) is 6.71. The Morgan fingerprint density at radius 2 is 1.89 bits per heavy atom. The molecule has 0 radical (unpaired) electrons. The Kier molecular flexibility index (Phi) is 6.10. The summed E-state index contributed by atoms with van der Waals surface area (Å²) in [5.74, 6) is -0.0967. The molecular formula is C26H34ClFN6O3. The molecule has 5 fully saturated rings. The Bertz CT molecular complexity index is 1210. The normalized spacial score (nSPS) is 25.1. The molecule has 1 amide bonds. The van der Waals surface area contributed by atoms with E-state index in [2.05, 4.69) is 19.8 Å². The molecule has 0 spiro atoms. The maximum atomic E-state index is 15.2. The SMILES string of the molecule is CC(C)(C)OC(=O)N1CC2CCC1CN2c1nc(OCC23CCCN2CCC3)nc2c(F)c(Cl)ncc12. The Morgan fingerprint density at radius 1 is 1.16 bits per heavy atom. The second kappa shape index (κ2) is 9.08. The summed E-state index contributed by atoms with van der Waals surface area (Å²) in [5, 5.41) is 0.267. The monoisotopic (exact) mass is 532 g/mol. The highest BCUT2D eigenvalue weighted by molar-refractivity contribution is 6.30. The first-order chi connectivity index (χ1) is 17.6. The number of nitrogens with zero attached hydrogens (tertiary/aromatic N) is 6. The van der Waals surface area contributed by atoms with Gasteiger partial charge < -0.3 is 19.3 Å². The third-order valence-corrected chi connectivity index (χ3v) is 8.58. The number of halogens is 2. The number of hydrogen-bond donors (Lipinski definition) is 0. The van der Waals surface area contributed by atoms with Crippen molar-refractivity contribution in [1.82, 2.24) is 24.8 Å². The van der Waals surface area contributed by atoms with Gasteiger partial charge in [0.25, 0.3) is 0 Å². The molecule has 7 rings (SSSR count). The molecule has 5 saturated heterocycles. The van der Waals surface area contributed by atoms with Gasteiger partial charge in [0, 0.05) is 25.3 Å². The Balaban J connectivity index is 1.31. The Morgan fingerprint density at radius 3 is 2.57 bits per heavy atom. The molecule has 0 aliphatic carbocycles. The van der Waals surface area contributed by atoms with Crippen molar-refractivity contribution in [3.8, 4) is 6.01 Å². The number of amides is 1. The third kappa shape index (κ3) is 4.46. The highest BCUT2D eigenvalue weighted by Gasteiger charge is 2.46. The number of hydrogen-bond acceptors (Lipinski definition) is 8. The quantitative estimate of drug-likeness (QED) is 0.535. The van der Waals surface area contributed by atoms with Crippen molar-refractivity contribution in [3.05, 3.63) is 17.2 Å². The van der Waals surface area contributed by atoms with Crippen molar-refractivity contribution in [2.45, 2.75) is 82.5 Å². The van der Waals surface area contributed by atoms with Crippen LogP contribution in [0.2, 0.25) is 5.15 Å². The van der Waals surface area contributed by atoms with Gasteiger partial charge in [0.2, 0.25) is 0 Å². The molecule has 37 heavy (non-hydrogen) atoms. The second-order valence-electron chi connectivity index (χ2n) is 11.8. The Hall–Kier alpha value is -2.46. The van der Waals surface area contributed by atoms with Crippen LogP contribution in [0.3, 0.4) is 0 Å². The van der Waals surface area contributed by atoms with Crippen molar-refractivity contribution >= 4 is 34.4 Å². The molecule has 5 aliphatic rings. The molecule has 0 saturated carbocycles. The summed E-state index contributed by atoms with van der Waals surface area (Å²) >= 11 is 6.03. The number of rotatable bonds is 4. The van der Waals surface area contributed by atoms with E-state index >= 15 is 4.39 Å². The highest BCUT2D eigenvalue weighted by atomic mass is 35.5. The molecule has 5 aliphatic heterocycles. The van der Waals surface area contributed by atoms with E-state index in [1.165, 1.54) is 6.20 Å². The van der Waals surface area contributed by atoms with Crippen molar-refractivity contribution in [2.75, 3.05) is 37.7 Å². The molecule has 0 aromatic carbocycles. The summed E-state index contributed by atoms with van der Waals surface area (Å²) in [5.41, 5.74) is -0.429. The molecule has 2 bridgehead atoms. The average Bonchev–Trinajstić information content (AvgIpc) is 3.44. The maximum Gasteiger partial charge on any atom is 0.410 e. The van der Waals surface area contributed by atoms with Crippen LogP contribution in [0.5, 0.6) is 6.01 Å². The molecule has 2 aromatic heterocycles. The van der Waals surface area contributed by atoms with Crippen molar-refractivity contribution < 1.29 is 18.7 Å². The third-order valence-electron chi connectivity index (χ3n) is 8.31. The zero-order chi connectivity index (χ0) is 25.9. The number of piperidine rings is 2. The average molecular weight is 533 g/mol. The fraction of sp³-hybridized carbons (Fsp3) is 0.692. The van der Waals surface area contributed by atoms with Crippen LogP contribution < -0.4 is 9.64 Å². The second-order valence-corrected chi connectivity index (χ2v) is 12.2. The van der Waals surface area contributed by atoms with Crippen LogP contribution in [0.1, 0.15) is 59.3 Å². The first-order valence-electron chi connectivity index (χ1n) is 13.3. The molecule has 200 valence electrons. The summed E-state index contributed by atoms with van der Waals surface area (Å²) in [6.45, 7) is 9.36. The predicted octanol–water partition coefficient (Wildman–Crippen LogP) is 4.41. The van der Waals surface area contributed by atoms with Crippen LogP contribution in [0.15, 0.2) is 6.20 Å². The molecule has 9 nitrogen and oxygen atoms in total. The van der Waals surface area contributed by atoms with Gasteiger partial charge in [-0.25, -0.2) is 14.2 Å². The first-order valence-corrected chi connectivity index (χ1v) is 13.7. The van der Waals surface area contributed by atoms with E-state index in [1.807, 2.05) is 25.7 Å². The minimum absolute atomic E-state index is 0.0148. The maximum absolute atomic E-state index is 15.2. The number of carbonyl (C=O) groups excluding carboxylic acids is 1. The van der Waals surface area contributed by atoms with Crippen molar-refractivity contribution in [3.63, 3.8) is 0 Å². The van der Waals surface area contributed by atoms with E-state index in [4.69, 9.17) is 26.1 Å². The molecule has 2 aromatic rings. The summed E-state index contributed by atoms with van der Waals surface area (Å²) in [7, 11) is 0. The lowest BCUT2D eigenvalue weighted by molar-refractivity contribution is 0.000794. The van der Waals surface area contributed by atoms with Gasteiger partial charge in [0.15, 0.2) is 11.0 Å². The van der Waals surface area contributed by atoms with E-state index in [0.29, 0.717) is 30.9 Å². The number of carbonyl (C=O) groups is 1. The van der Waals surface area contributed by atoms with Gasteiger partial charge in [-0.1, -0.05) is 11.6 Å². The van der Waals surface area contributed by atoms with Gasteiger partial charge in [0.05, 0.1) is 17.0 Å². The lowest BCUT2D eigenvalue weighted by Gasteiger charge is -2.51. The summed E-state index contributed by atoms with van der Waals surface area (Å²) in [4.78, 5) is 32.6. The predicted molar refractivity (Wildman–Crippen MR) is 138 cm³/mol. The zero-order valence-electron chi connectivity index (χ0n) is 21.7. The first kappa shape index (κ1) is 24.9. The summed E-state index contributed by atoms with van der Waals surface area (Å²) in [6.07, 6.45) is 7.51. The molecule has 11 heteroatoms. The smallest absolute Gasteiger partial charge is 0.410 e. The zero-order valence-corrected chi connectivity index (χ0v) is 22.4. The van der Waals surface area contributed by atoms with Crippen LogP contribution in [0.4, 0.5) is 15.0 Å². The molecule has 7 heterocycles. The van der Waals surface area contributed by atoms with Gasteiger partial charge in [-0.15, -0.1) is 0 Å². The number of pyridine rings is 1. The minimum atomic E-state index is -0.674. The number of fused-ring (bicyclic) bond motifs is 5. The van der Waals surface area contributed by atoms with Crippen LogP contribution in [-0.4, -0.2) is 86.9 Å². The number of aromatic nitrogens is 3. The Labute approximate surface area is 221 Å². The van der Waals surface area contributed by atoms with Gasteiger partial charge in [-0.05, 0) is 72.4 Å². The lowest BCUT2D eigenvalue weighted by atomic mass is 9.91. The fourth-order valence-electron chi connectivity index (χ4n) is 6.57. The molecule has 2 unspecified atom stereocenters. The van der Waals surface area contributed by atoms with E-state index in [0.717, 1.165) is 51.6 Å². The van der Waals surface area contributed by atoms with Gasteiger partial charge in [0.1, 0.15) is 23.5 Å². The highest BCUT2D eigenvalue weighted by Crippen LogP contribution is 2.40. The molecular weight excluding hydrogens is 499 g/mol. The number of ether oxygens (including phenoxy) is 2. The number of anilines is 1. The van der Waals surface area contributed by atoms with E-state index < -0.39 is 11.4 Å². The van der Waals surface area contributed by atoms with Crippen LogP contribution in [0, 0.1) is 5.82 Å². The van der Waals surface area contributed by atoms with Crippen LogP contribution in [0.25, 0.3) is 10.9 Å². The van der Waals surface area contributed by atoms with Gasteiger partial charge in [-0.3, -0.25) is 4.90 Å². The standard InChI is InChI=1S/C26H34ClFN6O3/c1-25(2,3)37-24(35)34-14-16-6-7-17(34)13-33(16)22-18-12-29-21(27)19(28)20(18)30-23(31-22)36-15-26-8-4-10-32(26)11-5-9-26/h12,16-17H,4-11,13-15H2,1-3H3. The topological polar surface area (TPSA) is 83.9 Å². The van der Waals surface area contributed by atoms with Crippen molar-refractivity contribution in [2.24, 2.45) is 0 Å². The summed E-state index contributed by atoms with van der Waals surface area (Å²) < 4.78 is 27.0. The van der Waals surface area contributed by atoms with Gasteiger partial charge in [-0.2, -0.15) is 9.97 Å². The number of piperazine rings is 1. The van der Waals surface area contributed by atoms with E-state index in [1.54, 1.807) is 0 Å². The molecule has 0 N–H and O–H groups in total. The van der Waals surface area contributed by atoms with Crippen LogP contribution in [-0.2, 0) is 4.74 Å². The largest absolute Gasteiger partial charge is 0.461 e. The lowest BCUT2D eigenvalue weighted by Crippen LogP contribution is -2.64. The molecule has 2 atom stereocenters. The van der Waals surface area contributed by atoms with Crippen molar-refractivity contribution in [1.29, 1.82) is 0 Å².